The van der Waals surface area contributed by atoms with Crippen molar-refractivity contribution in [2.45, 2.75) is 26.2 Å². The van der Waals surface area contributed by atoms with E-state index >= 15 is 0 Å². The highest BCUT2D eigenvalue weighted by atomic mass is 16.7. The average Bonchev–Trinajstić information content (AvgIpc) is 3.06. The number of benzene rings is 6. The summed E-state index contributed by atoms with van der Waals surface area (Å²) in [6, 6.07) is 37.5. The molecule has 7 rings (SSSR count). The average molecular weight is 616 g/mol. The first kappa shape index (κ1) is 32.9. The molecule has 0 fully saturated rings. The number of phenolic OH excluding ortho intramolecular Hbond substituents is 1. The second kappa shape index (κ2) is 15.7. The Kier molecular flexibility index (Phi) is 11.2. The van der Waals surface area contributed by atoms with Crippen LogP contribution in [0.4, 0.5) is 0 Å². The zero-order valence-electron chi connectivity index (χ0n) is 27.3. The molecule has 238 valence electrons. The summed E-state index contributed by atoms with van der Waals surface area (Å²) in [6.45, 7) is 4.63. The summed E-state index contributed by atoms with van der Waals surface area (Å²) in [5.41, 5.74) is 4.91. The van der Waals surface area contributed by atoms with Crippen molar-refractivity contribution in [3.05, 3.63) is 131 Å². The van der Waals surface area contributed by atoms with Crippen LogP contribution in [-0.2, 0) is 19.3 Å². The van der Waals surface area contributed by atoms with Gasteiger partial charge in [0.1, 0.15) is 5.75 Å². The van der Waals surface area contributed by atoms with Gasteiger partial charge in [-0.1, -0.05) is 84.9 Å². The summed E-state index contributed by atoms with van der Waals surface area (Å²) in [7, 11) is 5.56. The van der Waals surface area contributed by atoms with E-state index in [4.69, 9.17) is 10.0 Å². The molecule has 6 heteroatoms. The number of nitrogens with zero attached hydrogens (tertiary/aromatic N) is 2. The van der Waals surface area contributed by atoms with E-state index in [1.54, 1.807) is 7.05 Å². The molecular formula is C40H45N3O3. The van der Waals surface area contributed by atoms with E-state index in [9.17, 15) is 5.11 Å². The predicted octanol–water partition coefficient (Wildman–Crippen LogP) is 7.94. The summed E-state index contributed by atoms with van der Waals surface area (Å²) in [6.07, 6.45) is 2.80. The highest BCUT2D eigenvalue weighted by Gasteiger charge is 2.15. The van der Waals surface area contributed by atoms with Gasteiger partial charge >= 0.3 is 0 Å². The van der Waals surface area contributed by atoms with Gasteiger partial charge in [0.05, 0.1) is 0 Å². The molecule has 0 amide bonds. The minimum Gasteiger partial charge on any atom is -0.508 e. The molecule has 0 saturated carbocycles. The number of hydrogen-bond donors (Lipinski definition) is 3. The zero-order chi connectivity index (χ0) is 32.5. The van der Waals surface area contributed by atoms with Crippen molar-refractivity contribution in [1.82, 2.24) is 15.4 Å². The zero-order valence-corrected chi connectivity index (χ0v) is 27.3. The Bertz CT molecular complexity index is 1900. The van der Waals surface area contributed by atoms with Gasteiger partial charge in [0.15, 0.2) is 5.75 Å². The van der Waals surface area contributed by atoms with Gasteiger partial charge in [-0.3, -0.25) is 0 Å². The highest BCUT2D eigenvalue weighted by Crippen LogP contribution is 2.29. The van der Waals surface area contributed by atoms with Crippen LogP contribution in [0.25, 0.3) is 32.3 Å². The second-order valence-corrected chi connectivity index (χ2v) is 11.9. The third-order valence-corrected chi connectivity index (χ3v) is 8.38. The third-order valence-electron chi connectivity index (χ3n) is 8.38. The number of nitrogens with one attached hydrogen (secondary N) is 1. The molecule has 6 aromatic carbocycles. The lowest BCUT2D eigenvalue weighted by Gasteiger charge is -2.25. The largest absolute Gasteiger partial charge is 0.508 e. The maximum absolute atomic E-state index is 9.81. The van der Waals surface area contributed by atoms with E-state index in [1.807, 2.05) is 43.4 Å². The molecule has 0 atom stereocenters. The highest BCUT2D eigenvalue weighted by molar-refractivity contribution is 5.86. The van der Waals surface area contributed by atoms with Gasteiger partial charge < -0.3 is 20.5 Å². The molecule has 1 aliphatic heterocycles. The first-order valence-corrected chi connectivity index (χ1v) is 15.9. The number of fused-ring (bicyclic) bond motifs is 4. The minimum atomic E-state index is 0.393. The smallest absolute Gasteiger partial charge is 0.151 e. The molecule has 0 saturated heterocycles. The van der Waals surface area contributed by atoms with Crippen molar-refractivity contribution in [2.75, 3.05) is 40.8 Å². The third kappa shape index (κ3) is 8.62. The monoisotopic (exact) mass is 615 g/mol. The number of aryl methyl sites for hydroxylation is 1. The number of aromatic hydroxyl groups is 1. The number of rotatable bonds is 6. The maximum Gasteiger partial charge on any atom is 0.151 e. The van der Waals surface area contributed by atoms with Crippen LogP contribution < -0.4 is 10.2 Å². The fourth-order valence-electron chi connectivity index (χ4n) is 5.73. The first-order valence-electron chi connectivity index (χ1n) is 15.9. The summed E-state index contributed by atoms with van der Waals surface area (Å²) < 4.78 is 0. The van der Waals surface area contributed by atoms with Gasteiger partial charge in [-0.25, -0.2) is 0 Å². The van der Waals surface area contributed by atoms with Crippen LogP contribution in [0.5, 0.6) is 11.5 Å². The van der Waals surface area contributed by atoms with Gasteiger partial charge in [-0.15, -0.1) is 5.06 Å². The van der Waals surface area contributed by atoms with Crippen LogP contribution in [0.2, 0.25) is 0 Å². The number of phenols is 1. The van der Waals surface area contributed by atoms with E-state index < -0.39 is 0 Å². The van der Waals surface area contributed by atoms with Crippen LogP contribution in [0.3, 0.4) is 0 Å². The lowest BCUT2D eigenvalue weighted by molar-refractivity contribution is -0.0634. The van der Waals surface area contributed by atoms with Crippen LogP contribution in [0.15, 0.2) is 109 Å². The summed E-state index contributed by atoms with van der Waals surface area (Å²) in [5.74, 6) is 1.39. The van der Waals surface area contributed by atoms with E-state index in [2.05, 4.69) is 97.2 Å². The number of hydroxylamine groups is 4. The Morgan fingerprint density at radius 1 is 0.739 bits per heavy atom. The van der Waals surface area contributed by atoms with Crippen LogP contribution >= 0.6 is 0 Å². The predicted molar refractivity (Wildman–Crippen MR) is 191 cm³/mol. The Balaban J connectivity index is 0.000000136. The van der Waals surface area contributed by atoms with Crippen molar-refractivity contribution >= 4 is 32.3 Å². The SMILES string of the molecule is CN1CCc2cc3ccccc3cc2O1.CNCCc1cc2ccccc2cc1O.Cc1cc2ccccc2cc1CCN(C)O. The quantitative estimate of drug-likeness (QED) is 0.165. The number of likely N-dealkylation sites (N-methyl/N-ethyl adjacent to an activating group) is 3. The van der Waals surface area contributed by atoms with E-state index in [0.717, 1.165) is 49.1 Å². The molecule has 6 aromatic rings. The Morgan fingerprint density at radius 2 is 1.26 bits per heavy atom. The second-order valence-electron chi connectivity index (χ2n) is 11.9. The van der Waals surface area contributed by atoms with Crippen LogP contribution in [-0.4, -0.2) is 61.2 Å². The van der Waals surface area contributed by atoms with E-state index in [-0.39, 0.29) is 0 Å². The van der Waals surface area contributed by atoms with Gasteiger partial charge in [0.25, 0.3) is 0 Å². The standard InChI is InChI=1S/C14H17NO.C13H13NO.C13H15NO/c1-11-9-13-5-3-4-6-14(13)10-12(11)7-8-15(2)16;1-14-7-6-12-8-10-4-2-3-5-11(10)9-13(12)15-14;1-14-7-6-12-8-10-4-2-3-5-11(10)9-13(12)15/h3-6,9-10,16H,7-8H2,1-2H3;2-5,8-9H,6-7H2,1H3;2-5,8-9,14-15H,6-7H2,1H3. The summed E-state index contributed by atoms with van der Waals surface area (Å²) in [5, 5.41) is 32.5. The van der Waals surface area contributed by atoms with Gasteiger partial charge in [-0.05, 0) is 119 Å². The van der Waals surface area contributed by atoms with Crippen molar-refractivity contribution in [1.29, 1.82) is 0 Å². The van der Waals surface area contributed by atoms with Crippen molar-refractivity contribution in [3.8, 4) is 11.5 Å². The molecule has 46 heavy (non-hydrogen) atoms. The van der Waals surface area contributed by atoms with Gasteiger partial charge in [0, 0.05) is 27.2 Å². The molecule has 0 radical (unpaired) electrons. The maximum atomic E-state index is 9.81. The molecule has 6 nitrogen and oxygen atoms in total. The molecule has 0 spiro atoms. The van der Waals surface area contributed by atoms with Crippen molar-refractivity contribution < 1.29 is 15.2 Å². The van der Waals surface area contributed by atoms with Crippen LogP contribution in [0, 0.1) is 6.92 Å². The number of hydrogen-bond acceptors (Lipinski definition) is 6. The first-order chi connectivity index (χ1) is 22.3. The summed E-state index contributed by atoms with van der Waals surface area (Å²) >= 11 is 0. The Hall–Kier alpha value is -4.46. The lowest BCUT2D eigenvalue weighted by atomic mass is 10.00. The molecule has 1 heterocycles. The van der Waals surface area contributed by atoms with Crippen LogP contribution in [0.1, 0.15) is 22.3 Å². The molecule has 0 unspecified atom stereocenters. The molecular weight excluding hydrogens is 570 g/mol. The van der Waals surface area contributed by atoms with E-state index in [1.165, 1.54) is 48.7 Å². The summed E-state index contributed by atoms with van der Waals surface area (Å²) in [4.78, 5) is 5.67. The Labute approximate surface area is 272 Å². The van der Waals surface area contributed by atoms with Crippen molar-refractivity contribution in [2.24, 2.45) is 0 Å². The van der Waals surface area contributed by atoms with Crippen molar-refractivity contribution in [3.63, 3.8) is 0 Å². The van der Waals surface area contributed by atoms with E-state index in [0.29, 0.717) is 12.3 Å². The van der Waals surface area contributed by atoms with Gasteiger partial charge in [-0.2, -0.15) is 5.06 Å². The molecule has 1 aliphatic rings. The van der Waals surface area contributed by atoms with Gasteiger partial charge in [0.2, 0.25) is 0 Å². The lowest BCUT2D eigenvalue weighted by Crippen LogP contribution is -2.29. The minimum absolute atomic E-state index is 0.393. The molecule has 0 bridgehead atoms. The fourth-order valence-corrected chi connectivity index (χ4v) is 5.73. The molecule has 0 aromatic heterocycles. The fraction of sp³-hybridized carbons (Fsp3) is 0.250. The molecule has 0 aliphatic carbocycles. The Morgan fingerprint density at radius 3 is 1.85 bits per heavy atom. The normalized spacial score (nSPS) is 12.7. The molecule has 3 N–H and O–H groups in total. The topological polar surface area (TPSA) is 68.2 Å².